The first-order chi connectivity index (χ1) is 13.1. The molecule has 0 saturated carbocycles. The second-order valence-corrected chi connectivity index (χ2v) is 6.74. The minimum absolute atomic E-state index is 0.226. The number of hydrogen-bond donors (Lipinski definition) is 0. The number of aromatic nitrogens is 2. The molecule has 4 rings (SSSR count). The molecule has 0 atom stereocenters. The molecule has 131 valence electrons. The molecular weight excluding hydrogens is 407 g/mol. The van der Waals surface area contributed by atoms with E-state index in [1.807, 2.05) is 30.3 Å². The first kappa shape index (κ1) is 17.3. The predicted octanol–water partition coefficient (Wildman–Crippen LogP) is 2.91. The van der Waals surface area contributed by atoms with Gasteiger partial charge in [0.15, 0.2) is 0 Å². The van der Waals surface area contributed by atoms with Gasteiger partial charge in [0.25, 0.3) is 0 Å². The quantitative estimate of drug-likeness (QED) is 0.377. The van der Waals surface area contributed by atoms with Crippen LogP contribution in [-0.2, 0) is 0 Å². The van der Waals surface area contributed by atoms with Gasteiger partial charge in [-0.2, -0.15) is 0 Å². The molecule has 1 radical (unpaired) electrons. The van der Waals surface area contributed by atoms with E-state index in [2.05, 4.69) is 26.0 Å². The summed E-state index contributed by atoms with van der Waals surface area (Å²) in [6.45, 7) is 1.44. The molecule has 0 spiro atoms. The Bertz CT molecular complexity index is 1230. The number of Topliss-reactive ketones (excluding diaryl/α,β-unsaturated/α-hetero) is 1. The molecule has 5 nitrogen and oxygen atoms in total. The molecule has 0 fully saturated rings. The van der Waals surface area contributed by atoms with E-state index in [1.54, 1.807) is 24.3 Å². The van der Waals surface area contributed by atoms with E-state index in [4.69, 9.17) is 4.42 Å². The van der Waals surface area contributed by atoms with E-state index in [-0.39, 0.29) is 22.5 Å². The molecule has 2 aromatic heterocycles. The SMILES string of the molecule is CC(=O)c1c(-c2ccccc2)nc([Se])nc1-c1coc2ccccc2c1=O. The van der Waals surface area contributed by atoms with E-state index in [9.17, 15) is 9.59 Å². The summed E-state index contributed by atoms with van der Waals surface area (Å²) in [4.78, 5) is 34.3. The zero-order chi connectivity index (χ0) is 19.0. The maximum atomic E-state index is 13.0. The van der Waals surface area contributed by atoms with Crippen LogP contribution < -0.4 is 10.2 Å². The van der Waals surface area contributed by atoms with Crippen LogP contribution in [0.4, 0.5) is 0 Å². The minimum atomic E-state index is -0.239. The second kappa shape index (κ2) is 6.91. The predicted molar refractivity (Wildman–Crippen MR) is 104 cm³/mol. The number of hydrogen-bond acceptors (Lipinski definition) is 5. The number of fused-ring (bicyclic) bond motifs is 1. The Balaban J connectivity index is 2.07. The van der Waals surface area contributed by atoms with Crippen LogP contribution in [0, 0.1) is 0 Å². The van der Waals surface area contributed by atoms with Gasteiger partial charge in [-0.15, -0.1) is 0 Å². The van der Waals surface area contributed by atoms with Crippen molar-refractivity contribution in [1.29, 1.82) is 0 Å². The molecule has 2 heterocycles. The van der Waals surface area contributed by atoms with Gasteiger partial charge in [0.05, 0.1) is 0 Å². The molecule has 2 aromatic carbocycles. The van der Waals surface area contributed by atoms with E-state index >= 15 is 0 Å². The van der Waals surface area contributed by atoms with Gasteiger partial charge in [0.1, 0.15) is 0 Å². The Labute approximate surface area is 162 Å². The summed E-state index contributed by atoms with van der Waals surface area (Å²) in [6.07, 6.45) is 1.35. The van der Waals surface area contributed by atoms with Gasteiger partial charge >= 0.3 is 163 Å². The van der Waals surface area contributed by atoms with E-state index in [0.717, 1.165) is 5.56 Å². The molecular formula is C21H13N2O3Se. The van der Waals surface area contributed by atoms with Crippen LogP contribution in [0.15, 0.2) is 70.1 Å². The van der Waals surface area contributed by atoms with Crippen LogP contribution in [0.2, 0.25) is 0 Å². The van der Waals surface area contributed by atoms with Crippen molar-refractivity contribution in [3.05, 3.63) is 76.6 Å². The number of benzene rings is 2. The van der Waals surface area contributed by atoms with Gasteiger partial charge < -0.3 is 0 Å². The fourth-order valence-corrected chi connectivity index (χ4v) is 3.40. The molecule has 0 aliphatic heterocycles. The summed E-state index contributed by atoms with van der Waals surface area (Å²) < 4.78 is 5.96. The van der Waals surface area contributed by atoms with Crippen LogP contribution in [-0.4, -0.2) is 31.8 Å². The second-order valence-electron chi connectivity index (χ2n) is 5.98. The molecule has 0 bridgehead atoms. The van der Waals surface area contributed by atoms with Crippen molar-refractivity contribution in [2.45, 2.75) is 6.92 Å². The zero-order valence-corrected chi connectivity index (χ0v) is 16.0. The Morgan fingerprint density at radius 2 is 1.63 bits per heavy atom. The molecule has 0 aliphatic carbocycles. The van der Waals surface area contributed by atoms with Gasteiger partial charge in [-0.1, -0.05) is 0 Å². The Morgan fingerprint density at radius 1 is 0.963 bits per heavy atom. The van der Waals surface area contributed by atoms with Crippen LogP contribution >= 0.6 is 0 Å². The normalized spacial score (nSPS) is 10.9. The molecule has 27 heavy (non-hydrogen) atoms. The number of carbonyl (C=O) groups is 1. The molecule has 0 saturated heterocycles. The van der Waals surface area contributed by atoms with Gasteiger partial charge in [-0.05, 0) is 0 Å². The van der Waals surface area contributed by atoms with Gasteiger partial charge in [0, 0.05) is 0 Å². The Morgan fingerprint density at radius 3 is 2.37 bits per heavy atom. The third kappa shape index (κ3) is 3.10. The first-order valence-electron chi connectivity index (χ1n) is 8.22. The Kier molecular flexibility index (Phi) is 4.44. The van der Waals surface area contributed by atoms with Crippen LogP contribution in [0.25, 0.3) is 33.5 Å². The van der Waals surface area contributed by atoms with Gasteiger partial charge in [-0.25, -0.2) is 0 Å². The van der Waals surface area contributed by atoms with Crippen molar-refractivity contribution in [3.8, 4) is 22.5 Å². The zero-order valence-electron chi connectivity index (χ0n) is 14.3. The van der Waals surface area contributed by atoms with E-state index < -0.39 is 0 Å². The molecule has 4 aromatic rings. The van der Waals surface area contributed by atoms with E-state index in [1.165, 1.54) is 13.2 Å². The summed E-state index contributed by atoms with van der Waals surface area (Å²) in [5.41, 5.74) is 2.29. The average Bonchev–Trinajstić information content (AvgIpc) is 2.68. The first-order valence-corrected chi connectivity index (χ1v) is 9.08. The van der Waals surface area contributed by atoms with Crippen LogP contribution in [0.1, 0.15) is 17.3 Å². The topological polar surface area (TPSA) is 73.1 Å². The number of ketones is 1. The summed E-state index contributed by atoms with van der Waals surface area (Å²) in [5, 5.41) is 0.436. The molecule has 6 heteroatoms. The summed E-state index contributed by atoms with van der Waals surface area (Å²) in [5.74, 6) is -0.226. The average molecular weight is 420 g/mol. The number of carbonyl (C=O) groups excluding carboxylic acids is 1. The molecule has 0 amide bonds. The van der Waals surface area contributed by atoms with Gasteiger partial charge in [-0.3, -0.25) is 0 Å². The third-order valence-electron chi connectivity index (χ3n) is 4.22. The van der Waals surface area contributed by atoms with Crippen LogP contribution in [0.3, 0.4) is 0 Å². The summed E-state index contributed by atoms with van der Waals surface area (Å²) >= 11 is 2.78. The Hall–Kier alpha value is -3.08. The fraction of sp³-hybridized carbons (Fsp3) is 0.0476. The molecule has 0 N–H and O–H groups in total. The standard InChI is InChI=1S/C21H13N2O3Se/c1-12(24)17-18(13-7-3-2-4-8-13)22-21(27)23-19(17)15-11-26-16-10-6-5-9-14(16)20(15)25/h2-11H,1H3. The number of nitrogens with zero attached hydrogens (tertiary/aromatic N) is 2. The molecule has 0 unspecified atom stereocenters. The van der Waals surface area contributed by atoms with Crippen molar-refractivity contribution in [1.82, 2.24) is 9.97 Å². The van der Waals surface area contributed by atoms with Crippen molar-refractivity contribution < 1.29 is 9.21 Å². The third-order valence-corrected chi connectivity index (χ3v) is 4.61. The maximum absolute atomic E-state index is 13.0. The van der Waals surface area contributed by atoms with Crippen molar-refractivity contribution >= 4 is 37.5 Å². The molecule has 0 aliphatic rings. The monoisotopic (exact) mass is 421 g/mol. The van der Waals surface area contributed by atoms with Crippen molar-refractivity contribution in [2.75, 3.05) is 0 Å². The number of para-hydroxylation sites is 1. The van der Waals surface area contributed by atoms with E-state index in [0.29, 0.717) is 26.9 Å². The van der Waals surface area contributed by atoms with Crippen LogP contribution in [0.5, 0.6) is 0 Å². The number of rotatable bonds is 3. The fourth-order valence-electron chi connectivity index (χ4n) is 3.01. The van der Waals surface area contributed by atoms with Crippen molar-refractivity contribution in [2.24, 2.45) is 0 Å². The summed E-state index contributed by atoms with van der Waals surface area (Å²) in [7, 11) is 0. The summed E-state index contributed by atoms with van der Waals surface area (Å²) in [6, 6.07) is 16.3. The van der Waals surface area contributed by atoms with Crippen molar-refractivity contribution in [3.63, 3.8) is 0 Å². The van der Waals surface area contributed by atoms with Gasteiger partial charge in [0.2, 0.25) is 0 Å².